The highest BCUT2D eigenvalue weighted by Gasteiger charge is 2.21. The first-order valence-corrected chi connectivity index (χ1v) is 6.56. The molecule has 0 saturated carbocycles. The van der Waals surface area contributed by atoms with E-state index in [9.17, 15) is 5.11 Å². The van der Waals surface area contributed by atoms with Crippen molar-refractivity contribution in [1.29, 1.82) is 0 Å². The molecule has 0 radical (unpaired) electrons. The van der Waals surface area contributed by atoms with Gasteiger partial charge >= 0.3 is 0 Å². The molecule has 18 heavy (non-hydrogen) atoms. The van der Waals surface area contributed by atoms with Gasteiger partial charge in [0.2, 0.25) is 0 Å². The van der Waals surface area contributed by atoms with Crippen LogP contribution in [0.15, 0.2) is 6.07 Å². The van der Waals surface area contributed by atoms with Gasteiger partial charge in [-0.15, -0.1) is 0 Å². The van der Waals surface area contributed by atoms with Crippen LogP contribution < -0.4 is 0 Å². The first kappa shape index (κ1) is 15.1. The molecule has 0 spiro atoms. The van der Waals surface area contributed by atoms with Gasteiger partial charge in [-0.3, -0.25) is 4.68 Å². The molecule has 1 rings (SSSR count). The fraction of sp³-hybridized carbons (Fsp3) is 0.769. The zero-order valence-corrected chi connectivity index (χ0v) is 11.7. The standard InChI is InChI=1S/C13H24N2O3/c1-5-15-11(8-10(4)14-15)9-12(16)13(17-6-2)18-7-3/h8,12-13,16H,5-7,9H2,1-4H3. The number of rotatable bonds is 8. The van der Waals surface area contributed by atoms with E-state index in [2.05, 4.69) is 5.10 Å². The summed E-state index contributed by atoms with van der Waals surface area (Å²) in [4.78, 5) is 0. The highest BCUT2D eigenvalue weighted by molar-refractivity contribution is 5.10. The molecule has 0 fully saturated rings. The first-order chi connectivity index (χ1) is 8.62. The van der Waals surface area contributed by atoms with Crippen LogP contribution in [0.1, 0.15) is 32.2 Å². The molecule has 1 heterocycles. The van der Waals surface area contributed by atoms with Crippen LogP contribution in [0.4, 0.5) is 0 Å². The second kappa shape index (κ2) is 7.51. The van der Waals surface area contributed by atoms with E-state index in [1.165, 1.54) is 0 Å². The number of hydrogen-bond donors (Lipinski definition) is 1. The summed E-state index contributed by atoms with van der Waals surface area (Å²) in [5.74, 6) is 0. The Morgan fingerprint density at radius 2 is 1.89 bits per heavy atom. The van der Waals surface area contributed by atoms with Crippen LogP contribution in [-0.2, 0) is 22.4 Å². The molecule has 1 aromatic rings. The van der Waals surface area contributed by atoms with Crippen molar-refractivity contribution in [3.8, 4) is 0 Å². The SMILES string of the molecule is CCOC(OCC)C(O)Cc1cc(C)nn1CC. The van der Waals surface area contributed by atoms with Gasteiger partial charge in [-0.05, 0) is 33.8 Å². The lowest BCUT2D eigenvalue weighted by molar-refractivity contribution is -0.189. The molecule has 1 unspecified atom stereocenters. The average molecular weight is 256 g/mol. The van der Waals surface area contributed by atoms with E-state index in [1.807, 2.05) is 38.4 Å². The monoisotopic (exact) mass is 256 g/mol. The number of nitrogens with zero attached hydrogens (tertiary/aromatic N) is 2. The fourth-order valence-corrected chi connectivity index (χ4v) is 1.95. The molecule has 1 aromatic heterocycles. The van der Waals surface area contributed by atoms with Crippen LogP contribution in [0.5, 0.6) is 0 Å². The predicted octanol–water partition coefficient (Wildman–Crippen LogP) is 1.51. The number of aliphatic hydroxyl groups is 1. The summed E-state index contributed by atoms with van der Waals surface area (Å²) in [6.45, 7) is 9.60. The number of aliphatic hydroxyl groups excluding tert-OH is 1. The van der Waals surface area contributed by atoms with Gasteiger partial charge in [0.05, 0.1) is 5.69 Å². The third kappa shape index (κ3) is 4.08. The molecular formula is C13H24N2O3. The largest absolute Gasteiger partial charge is 0.387 e. The zero-order valence-electron chi connectivity index (χ0n) is 11.7. The van der Waals surface area contributed by atoms with E-state index >= 15 is 0 Å². The highest BCUT2D eigenvalue weighted by Crippen LogP contribution is 2.11. The van der Waals surface area contributed by atoms with Crippen molar-refractivity contribution in [3.63, 3.8) is 0 Å². The van der Waals surface area contributed by atoms with E-state index in [4.69, 9.17) is 9.47 Å². The van der Waals surface area contributed by atoms with E-state index in [1.54, 1.807) is 0 Å². The molecule has 1 N–H and O–H groups in total. The summed E-state index contributed by atoms with van der Waals surface area (Å²) in [5, 5.41) is 14.5. The minimum Gasteiger partial charge on any atom is -0.387 e. The molecule has 0 aliphatic carbocycles. The van der Waals surface area contributed by atoms with Crippen LogP contribution in [0.25, 0.3) is 0 Å². The smallest absolute Gasteiger partial charge is 0.183 e. The lowest BCUT2D eigenvalue weighted by Crippen LogP contribution is -2.34. The Hall–Kier alpha value is -0.910. The van der Waals surface area contributed by atoms with Crippen molar-refractivity contribution < 1.29 is 14.6 Å². The van der Waals surface area contributed by atoms with Gasteiger partial charge in [-0.1, -0.05) is 0 Å². The molecule has 0 aliphatic heterocycles. The Morgan fingerprint density at radius 3 is 2.39 bits per heavy atom. The summed E-state index contributed by atoms with van der Waals surface area (Å²) in [7, 11) is 0. The summed E-state index contributed by atoms with van der Waals surface area (Å²) >= 11 is 0. The molecule has 0 aliphatic rings. The van der Waals surface area contributed by atoms with Crippen molar-refractivity contribution in [1.82, 2.24) is 9.78 Å². The van der Waals surface area contributed by atoms with E-state index in [0.717, 1.165) is 17.9 Å². The maximum Gasteiger partial charge on any atom is 0.183 e. The Balaban J connectivity index is 2.68. The van der Waals surface area contributed by atoms with Gasteiger partial charge in [0.1, 0.15) is 6.10 Å². The Kier molecular flexibility index (Phi) is 6.32. The molecule has 5 heteroatoms. The molecular weight excluding hydrogens is 232 g/mol. The third-order valence-corrected chi connectivity index (χ3v) is 2.68. The average Bonchev–Trinajstić information content (AvgIpc) is 2.69. The Morgan fingerprint density at radius 1 is 1.28 bits per heavy atom. The lowest BCUT2D eigenvalue weighted by Gasteiger charge is -2.22. The normalized spacial score (nSPS) is 13.2. The second-order valence-corrected chi connectivity index (χ2v) is 4.14. The summed E-state index contributed by atoms with van der Waals surface area (Å²) in [5.41, 5.74) is 1.97. The lowest BCUT2D eigenvalue weighted by atomic mass is 10.2. The van der Waals surface area contributed by atoms with Crippen molar-refractivity contribution in [2.75, 3.05) is 13.2 Å². The molecule has 104 valence electrons. The summed E-state index contributed by atoms with van der Waals surface area (Å²) < 4.78 is 12.7. The first-order valence-electron chi connectivity index (χ1n) is 6.56. The van der Waals surface area contributed by atoms with Gasteiger partial charge in [0.15, 0.2) is 6.29 Å². The third-order valence-electron chi connectivity index (χ3n) is 2.68. The molecule has 5 nitrogen and oxygen atoms in total. The van der Waals surface area contributed by atoms with Gasteiger partial charge in [-0.2, -0.15) is 5.10 Å². The molecule has 0 saturated heterocycles. The van der Waals surface area contributed by atoms with E-state index in [-0.39, 0.29) is 0 Å². The van der Waals surface area contributed by atoms with Gasteiger partial charge in [0.25, 0.3) is 0 Å². The molecule has 0 aromatic carbocycles. The topological polar surface area (TPSA) is 56.5 Å². The van der Waals surface area contributed by atoms with Crippen molar-refractivity contribution in [2.24, 2.45) is 0 Å². The van der Waals surface area contributed by atoms with Crippen molar-refractivity contribution in [3.05, 3.63) is 17.5 Å². The van der Waals surface area contributed by atoms with Crippen LogP contribution in [-0.4, -0.2) is 40.5 Å². The number of aromatic nitrogens is 2. The van der Waals surface area contributed by atoms with Gasteiger partial charge in [0, 0.05) is 31.9 Å². The van der Waals surface area contributed by atoms with Crippen LogP contribution in [0.3, 0.4) is 0 Å². The quantitative estimate of drug-likeness (QED) is 0.716. The van der Waals surface area contributed by atoms with Gasteiger partial charge in [-0.25, -0.2) is 0 Å². The van der Waals surface area contributed by atoms with E-state index in [0.29, 0.717) is 19.6 Å². The number of hydrogen-bond acceptors (Lipinski definition) is 4. The minimum atomic E-state index is -0.675. The Labute approximate surface area is 109 Å². The zero-order chi connectivity index (χ0) is 13.5. The van der Waals surface area contributed by atoms with Gasteiger partial charge < -0.3 is 14.6 Å². The number of aryl methyl sites for hydroxylation is 2. The molecule has 0 bridgehead atoms. The van der Waals surface area contributed by atoms with Crippen molar-refractivity contribution >= 4 is 0 Å². The maximum absolute atomic E-state index is 10.2. The fourth-order valence-electron chi connectivity index (χ4n) is 1.95. The highest BCUT2D eigenvalue weighted by atomic mass is 16.7. The predicted molar refractivity (Wildman–Crippen MR) is 69.4 cm³/mol. The minimum absolute atomic E-state index is 0.485. The Bertz CT molecular complexity index is 346. The van der Waals surface area contributed by atoms with Crippen LogP contribution in [0, 0.1) is 6.92 Å². The molecule has 0 amide bonds. The summed E-state index contributed by atoms with van der Waals surface area (Å²) in [6, 6.07) is 1.99. The van der Waals surface area contributed by atoms with Crippen molar-refractivity contribution in [2.45, 2.75) is 53.1 Å². The summed E-state index contributed by atoms with van der Waals surface area (Å²) in [6.07, 6.45) is -0.758. The second-order valence-electron chi connectivity index (χ2n) is 4.14. The number of ether oxygens (including phenoxy) is 2. The van der Waals surface area contributed by atoms with Crippen LogP contribution >= 0.6 is 0 Å². The van der Waals surface area contributed by atoms with E-state index < -0.39 is 12.4 Å². The maximum atomic E-state index is 10.2. The molecule has 1 atom stereocenters. The van der Waals surface area contributed by atoms with Crippen LogP contribution in [0.2, 0.25) is 0 Å².